The number of carbonyl (C=O) groups excluding carboxylic acids is 1. The fourth-order valence-corrected chi connectivity index (χ4v) is 3.44. The Labute approximate surface area is 161 Å². The van der Waals surface area contributed by atoms with Crippen LogP contribution in [0.25, 0.3) is 5.65 Å². The summed E-state index contributed by atoms with van der Waals surface area (Å²) in [6.07, 6.45) is 2.80. The monoisotopic (exact) mass is 386 g/mol. The summed E-state index contributed by atoms with van der Waals surface area (Å²) in [5, 5.41) is 7.15. The Kier molecular flexibility index (Phi) is 6.54. The number of carbonyl (C=O) groups is 1. The lowest BCUT2D eigenvalue weighted by atomic mass is 10.3. The second-order valence-corrected chi connectivity index (χ2v) is 7.08. The van der Waals surface area contributed by atoms with Crippen LogP contribution in [0, 0.1) is 0 Å². The molecule has 3 aromatic rings. The highest BCUT2D eigenvalue weighted by atomic mass is 32.2. The Balaban J connectivity index is 1.35. The van der Waals surface area contributed by atoms with Crippen molar-refractivity contribution in [2.24, 2.45) is 0 Å². The smallest absolute Gasteiger partial charge is 0.350 e. The average Bonchev–Trinajstić information content (AvgIpc) is 3.02. The number of nitrogens with zero attached hydrogens (tertiary/aromatic N) is 3. The van der Waals surface area contributed by atoms with E-state index in [1.165, 1.54) is 9.08 Å². The molecular weight excluding hydrogens is 364 g/mol. The summed E-state index contributed by atoms with van der Waals surface area (Å²) in [5.74, 6) is 1.55. The third-order valence-corrected chi connectivity index (χ3v) is 5.03. The molecular formula is C19H22N4O3S. The predicted molar refractivity (Wildman–Crippen MR) is 105 cm³/mol. The van der Waals surface area contributed by atoms with Crippen molar-refractivity contribution in [1.29, 1.82) is 0 Å². The number of thioether (sulfide) groups is 1. The summed E-state index contributed by atoms with van der Waals surface area (Å²) in [7, 11) is 1.64. The van der Waals surface area contributed by atoms with E-state index in [1.54, 1.807) is 37.2 Å². The van der Waals surface area contributed by atoms with Gasteiger partial charge in [-0.25, -0.2) is 9.48 Å². The maximum absolute atomic E-state index is 12.1. The topological polar surface area (TPSA) is 77.6 Å². The summed E-state index contributed by atoms with van der Waals surface area (Å²) in [6, 6.07) is 13.2. The van der Waals surface area contributed by atoms with Gasteiger partial charge >= 0.3 is 5.69 Å². The van der Waals surface area contributed by atoms with Gasteiger partial charge in [-0.2, -0.15) is 0 Å². The van der Waals surface area contributed by atoms with E-state index in [2.05, 4.69) is 10.4 Å². The Morgan fingerprint density at radius 1 is 1.22 bits per heavy atom. The molecule has 0 radical (unpaired) electrons. The van der Waals surface area contributed by atoms with E-state index < -0.39 is 0 Å². The number of rotatable bonds is 9. The molecule has 0 spiro atoms. The molecule has 3 rings (SSSR count). The quantitative estimate of drug-likeness (QED) is 0.451. The van der Waals surface area contributed by atoms with Crippen LogP contribution in [-0.2, 0) is 11.3 Å². The largest absolute Gasteiger partial charge is 0.497 e. The summed E-state index contributed by atoms with van der Waals surface area (Å²) < 4.78 is 8.06. The number of hydrogen-bond acceptors (Lipinski definition) is 5. The normalized spacial score (nSPS) is 10.9. The van der Waals surface area contributed by atoms with Crippen molar-refractivity contribution < 1.29 is 9.53 Å². The van der Waals surface area contributed by atoms with Gasteiger partial charge in [-0.3, -0.25) is 9.20 Å². The van der Waals surface area contributed by atoms with Gasteiger partial charge in [-0.1, -0.05) is 6.07 Å². The highest BCUT2D eigenvalue weighted by Crippen LogP contribution is 2.21. The van der Waals surface area contributed by atoms with Crippen LogP contribution < -0.4 is 15.7 Å². The molecule has 142 valence electrons. The molecule has 1 amide bonds. The van der Waals surface area contributed by atoms with E-state index in [4.69, 9.17) is 4.74 Å². The predicted octanol–water partition coefficient (Wildman–Crippen LogP) is 2.19. The van der Waals surface area contributed by atoms with E-state index in [0.717, 1.165) is 10.6 Å². The molecule has 0 aliphatic heterocycles. The molecule has 0 aliphatic rings. The third-order valence-electron chi connectivity index (χ3n) is 4.01. The minimum atomic E-state index is -0.159. The van der Waals surface area contributed by atoms with Gasteiger partial charge in [0, 0.05) is 36.4 Å². The number of methoxy groups -OCH3 is 1. The van der Waals surface area contributed by atoms with E-state index in [-0.39, 0.29) is 11.6 Å². The average molecular weight is 386 g/mol. The van der Waals surface area contributed by atoms with Gasteiger partial charge in [0.05, 0.1) is 7.11 Å². The van der Waals surface area contributed by atoms with Crippen molar-refractivity contribution in [2.75, 3.05) is 19.4 Å². The first-order chi connectivity index (χ1) is 13.2. The molecule has 0 atom stereocenters. The molecule has 2 aromatic heterocycles. The molecule has 0 bridgehead atoms. The number of amides is 1. The number of ether oxygens (including phenoxy) is 1. The van der Waals surface area contributed by atoms with Crippen molar-refractivity contribution >= 4 is 23.3 Å². The van der Waals surface area contributed by atoms with Gasteiger partial charge in [0.2, 0.25) is 5.91 Å². The maximum atomic E-state index is 12.1. The van der Waals surface area contributed by atoms with Crippen LogP contribution in [-0.4, -0.2) is 39.5 Å². The Morgan fingerprint density at radius 3 is 2.78 bits per heavy atom. The van der Waals surface area contributed by atoms with Crippen LogP contribution in [0.3, 0.4) is 0 Å². The summed E-state index contributed by atoms with van der Waals surface area (Å²) >= 11 is 1.63. The van der Waals surface area contributed by atoms with E-state index >= 15 is 0 Å². The van der Waals surface area contributed by atoms with Gasteiger partial charge in [0.1, 0.15) is 5.75 Å². The van der Waals surface area contributed by atoms with Gasteiger partial charge in [-0.05, 0) is 42.8 Å². The van der Waals surface area contributed by atoms with E-state index in [9.17, 15) is 9.59 Å². The number of fused-ring (bicyclic) bond motifs is 1. The zero-order chi connectivity index (χ0) is 19.1. The zero-order valence-corrected chi connectivity index (χ0v) is 15.9. The minimum Gasteiger partial charge on any atom is -0.497 e. The number of nitrogens with one attached hydrogen (secondary N) is 1. The lowest BCUT2D eigenvalue weighted by Gasteiger charge is -2.06. The van der Waals surface area contributed by atoms with Crippen LogP contribution >= 0.6 is 11.8 Å². The molecule has 0 fully saturated rings. The first-order valence-electron chi connectivity index (χ1n) is 8.75. The van der Waals surface area contributed by atoms with Gasteiger partial charge in [0.25, 0.3) is 0 Å². The van der Waals surface area contributed by atoms with Crippen LogP contribution in [0.4, 0.5) is 0 Å². The summed E-state index contributed by atoms with van der Waals surface area (Å²) in [4.78, 5) is 25.2. The van der Waals surface area contributed by atoms with Crippen LogP contribution in [0.2, 0.25) is 0 Å². The fourth-order valence-electron chi connectivity index (χ4n) is 2.59. The van der Waals surface area contributed by atoms with Crippen molar-refractivity contribution in [3.63, 3.8) is 0 Å². The molecule has 0 unspecified atom stereocenters. The molecule has 7 nitrogen and oxygen atoms in total. The number of aryl methyl sites for hydroxylation is 1. The second kappa shape index (κ2) is 9.27. The second-order valence-electron chi connectivity index (χ2n) is 5.91. The van der Waals surface area contributed by atoms with E-state index in [1.807, 2.05) is 30.3 Å². The molecule has 1 aromatic carbocycles. The Hall–Kier alpha value is -2.74. The molecule has 27 heavy (non-hydrogen) atoms. The number of pyridine rings is 1. The Morgan fingerprint density at radius 2 is 2.04 bits per heavy atom. The maximum Gasteiger partial charge on any atom is 0.350 e. The lowest BCUT2D eigenvalue weighted by molar-refractivity contribution is -0.120. The van der Waals surface area contributed by atoms with Gasteiger partial charge < -0.3 is 10.1 Å². The third kappa shape index (κ3) is 5.13. The van der Waals surface area contributed by atoms with Crippen molar-refractivity contribution in [2.45, 2.75) is 24.3 Å². The molecule has 0 aliphatic carbocycles. The standard InChI is InChI=1S/C19H22N4O3S/c1-26-15-6-8-16(9-7-15)27-14-10-18(24)20-11-4-13-23-19(25)22-12-3-2-5-17(22)21-23/h2-3,5-9,12H,4,10-11,13-14H2,1H3,(H,20,24). The zero-order valence-electron chi connectivity index (χ0n) is 15.1. The van der Waals surface area contributed by atoms with Crippen molar-refractivity contribution in [3.8, 4) is 5.75 Å². The van der Waals surface area contributed by atoms with Gasteiger partial charge in [-0.15, -0.1) is 16.9 Å². The molecule has 0 saturated heterocycles. The highest BCUT2D eigenvalue weighted by Gasteiger charge is 2.06. The summed E-state index contributed by atoms with van der Waals surface area (Å²) in [5.41, 5.74) is 0.468. The highest BCUT2D eigenvalue weighted by molar-refractivity contribution is 7.99. The molecule has 2 heterocycles. The SMILES string of the molecule is COc1ccc(SCCC(=O)NCCCn2nc3ccccn3c2=O)cc1. The number of aromatic nitrogens is 3. The molecule has 0 saturated carbocycles. The van der Waals surface area contributed by atoms with Crippen LogP contribution in [0.15, 0.2) is 58.4 Å². The van der Waals surface area contributed by atoms with Crippen molar-refractivity contribution in [1.82, 2.24) is 19.5 Å². The molecule has 8 heteroatoms. The van der Waals surface area contributed by atoms with Crippen molar-refractivity contribution in [3.05, 3.63) is 59.1 Å². The summed E-state index contributed by atoms with van der Waals surface area (Å²) in [6.45, 7) is 0.994. The Bertz CT molecular complexity index is 949. The fraction of sp³-hybridized carbons (Fsp3) is 0.316. The van der Waals surface area contributed by atoms with Crippen LogP contribution in [0.5, 0.6) is 5.75 Å². The first kappa shape index (κ1) is 19.0. The minimum absolute atomic E-state index is 0.0124. The number of benzene rings is 1. The van der Waals surface area contributed by atoms with Gasteiger partial charge in [0.15, 0.2) is 5.65 Å². The number of hydrogen-bond donors (Lipinski definition) is 1. The lowest BCUT2D eigenvalue weighted by Crippen LogP contribution is -2.27. The first-order valence-corrected chi connectivity index (χ1v) is 9.74. The van der Waals surface area contributed by atoms with Crippen LogP contribution in [0.1, 0.15) is 12.8 Å². The van der Waals surface area contributed by atoms with E-state index in [0.29, 0.717) is 37.3 Å². The molecule has 1 N–H and O–H groups in total.